The predicted octanol–water partition coefficient (Wildman–Crippen LogP) is 2.15. The van der Waals surface area contributed by atoms with Crippen molar-refractivity contribution >= 4 is 28.6 Å². The molecule has 5 rings (SSSR count). The molecule has 1 saturated heterocycles. The number of carbonyl (C=O) groups is 1. The van der Waals surface area contributed by atoms with Gasteiger partial charge in [0.25, 0.3) is 11.5 Å². The number of fused-ring (bicyclic) bond motifs is 2. The maximum atomic E-state index is 12.7. The number of thioether (sulfide) groups is 1. The van der Waals surface area contributed by atoms with Gasteiger partial charge in [0.2, 0.25) is 0 Å². The van der Waals surface area contributed by atoms with Crippen LogP contribution in [0, 0.1) is 0 Å². The summed E-state index contributed by atoms with van der Waals surface area (Å²) in [7, 11) is 0. The van der Waals surface area contributed by atoms with Crippen molar-refractivity contribution in [2.45, 2.75) is 24.3 Å². The minimum atomic E-state index is -0.345. The zero-order chi connectivity index (χ0) is 19.1. The second-order valence-electron chi connectivity index (χ2n) is 7.03. The Kier molecular flexibility index (Phi) is 4.44. The minimum Gasteiger partial charge on any atom is -0.451 e. The molecule has 144 valence electrons. The number of hydrogen-bond acceptors (Lipinski definition) is 6. The van der Waals surface area contributed by atoms with Gasteiger partial charge in [-0.05, 0) is 23.4 Å². The lowest BCUT2D eigenvalue weighted by Crippen LogP contribution is -2.44. The molecule has 0 spiro atoms. The second-order valence-corrected chi connectivity index (χ2v) is 8.14. The Morgan fingerprint density at radius 1 is 1.25 bits per heavy atom. The SMILES string of the molecule is O=C(NC1COCC1n1nc2c(cc1=O)CSCC2)c1cc2ccccc2o1. The Morgan fingerprint density at radius 2 is 2.14 bits per heavy atom. The lowest BCUT2D eigenvalue weighted by molar-refractivity contribution is 0.0898. The molecule has 0 aliphatic carbocycles. The molecule has 2 aliphatic rings. The summed E-state index contributed by atoms with van der Waals surface area (Å²) in [6.07, 6.45) is 0.851. The lowest BCUT2D eigenvalue weighted by Gasteiger charge is -2.22. The van der Waals surface area contributed by atoms with Crippen molar-refractivity contribution in [3.63, 3.8) is 0 Å². The van der Waals surface area contributed by atoms with Crippen LogP contribution in [0.1, 0.15) is 27.9 Å². The van der Waals surface area contributed by atoms with E-state index < -0.39 is 0 Å². The van der Waals surface area contributed by atoms with Crippen LogP contribution in [-0.2, 0) is 16.9 Å². The number of benzene rings is 1. The quantitative estimate of drug-likeness (QED) is 0.729. The fraction of sp³-hybridized carbons (Fsp3) is 0.350. The molecular formula is C20H19N3O4S. The van der Waals surface area contributed by atoms with E-state index in [0.29, 0.717) is 18.8 Å². The summed E-state index contributed by atoms with van der Waals surface area (Å²) in [6, 6.07) is 10.2. The van der Waals surface area contributed by atoms with E-state index in [4.69, 9.17) is 9.15 Å². The molecule has 28 heavy (non-hydrogen) atoms. The van der Waals surface area contributed by atoms with Crippen molar-refractivity contribution in [1.82, 2.24) is 15.1 Å². The zero-order valence-corrected chi connectivity index (χ0v) is 15.9. The largest absolute Gasteiger partial charge is 0.451 e. The Morgan fingerprint density at radius 3 is 3.04 bits per heavy atom. The lowest BCUT2D eigenvalue weighted by atomic mass is 10.1. The highest BCUT2D eigenvalue weighted by Crippen LogP contribution is 2.24. The van der Waals surface area contributed by atoms with Crippen molar-refractivity contribution in [3.8, 4) is 0 Å². The highest BCUT2D eigenvalue weighted by Gasteiger charge is 2.34. The van der Waals surface area contributed by atoms with E-state index in [0.717, 1.165) is 34.6 Å². The van der Waals surface area contributed by atoms with Gasteiger partial charge in [-0.2, -0.15) is 16.9 Å². The van der Waals surface area contributed by atoms with Crippen LogP contribution in [0.2, 0.25) is 0 Å². The Balaban J connectivity index is 1.40. The molecule has 0 saturated carbocycles. The summed E-state index contributed by atoms with van der Waals surface area (Å²) >= 11 is 1.81. The van der Waals surface area contributed by atoms with E-state index in [1.54, 1.807) is 12.1 Å². The van der Waals surface area contributed by atoms with Gasteiger partial charge in [-0.15, -0.1) is 0 Å². The van der Waals surface area contributed by atoms with Gasteiger partial charge in [-0.25, -0.2) is 4.68 Å². The maximum absolute atomic E-state index is 12.7. The second kappa shape index (κ2) is 7.10. The van der Waals surface area contributed by atoms with E-state index in [9.17, 15) is 9.59 Å². The van der Waals surface area contributed by atoms with Gasteiger partial charge in [0.05, 0.1) is 24.9 Å². The van der Waals surface area contributed by atoms with E-state index in [2.05, 4.69) is 10.4 Å². The van der Waals surface area contributed by atoms with Gasteiger partial charge in [0, 0.05) is 23.6 Å². The van der Waals surface area contributed by atoms with Crippen molar-refractivity contribution in [2.75, 3.05) is 19.0 Å². The third-order valence-electron chi connectivity index (χ3n) is 5.19. The van der Waals surface area contributed by atoms with E-state index in [1.807, 2.05) is 36.0 Å². The highest BCUT2D eigenvalue weighted by atomic mass is 32.2. The number of para-hydroxylation sites is 1. The number of amides is 1. The first-order valence-electron chi connectivity index (χ1n) is 9.25. The zero-order valence-electron chi connectivity index (χ0n) is 15.1. The Hall–Kier alpha value is -2.58. The van der Waals surface area contributed by atoms with Crippen LogP contribution in [0.25, 0.3) is 11.0 Å². The van der Waals surface area contributed by atoms with Gasteiger partial charge in [-0.1, -0.05) is 18.2 Å². The van der Waals surface area contributed by atoms with Gasteiger partial charge >= 0.3 is 0 Å². The maximum Gasteiger partial charge on any atom is 0.287 e. The summed E-state index contributed by atoms with van der Waals surface area (Å²) < 4.78 is 12.7. The van der Waals surface area contributed by atoms with Crippen LogP contribution >= 0.6 is 11.8 Å². The smallest absolute Gasteiger partial charge is 0.287 e. The number of ether oxygens (including phenoxy) is 1. The average molecular weight is 397 g/mol. The summed E-state index contributed by atoms with van der Waals surface area (Å²) in [5.41, 5.74) is 2.49. The molecule has 2 atom stereocenters. The Bertz CT molecular complexity index is 1070. The first kappa shape index (κ1) is 17.5. The van der Waals surface area contributed by atoms with Gasteiger partial charge < -0.3 is 14.5 Å². The molecule has 3 aromatic rings. The molecule has 0 radical (unpaired) electrons. The number of hydrogen-bond donors (Lipinski definition) is 1. The van der Waals surface area contributed by atoms with Crippen LogP contribution in [-0.4, -0.2) is 40.7 Å². The van der Waals surface area contributed by atoms with E-state index in [-0.39, 0.29) is 29.3 Å². The van der Waals surface area contributed by atoms with Crippen molar-refractivity contribution in [2.24, 2.45) is 0 Å². The Labute approximate surface area is 165 Å². The number of carbonyl (C=O) groups excluding carboxylic acids is 1. The molecular weight excluding hydrogens is 378 g/mol. The number of furan rings is 1. The predicted molar refractivity (Wildman–Crippen MR) is 106 cm³/mol. The molecule has 1 amide bonds. The van der Waals surface area contributed by atoms with Crippen LogP contribution in [0.4, 0.5) is 0 Å². The van der Waals surface area contributed by atoms with Crippen LogP contribution in [0.15, 0.2) is 45.6 Å². The monoisotopic (exact) mass is 397 g/mol. The van der Waals surface area contributed by atoms with Crippen LogP contribution in [0.5, 0.6) is 0 Å². The molecule has 1 aromatic carbocycles. The number of nitrogens with zero attached hydrogens (tertiary/aromatic N) is 2. The number of aryl methyl sites for hydroxylation is 1. The van der Waals surface area contributed by atoms with Gasteiger partial charge in [0.1, 0.15) is 11.6 Å². The summed E-state index contributed by atoms with van der Waals surface area (Å²) in [5.74, 6) is 1.76. The van der Waals surface area contributed by atoms with E-state index in [1.165, 1.54) is 4.68 Å². The first-order valence-corrected chi connectivity index (χ1v) is 10.4. The summed E-state index contributed by atoms with van der Waals surface area (Å²) in [4.78, 5) is 25.3. The first-order chi connectivity index (χ1) is 13.7. The molecule has 0 bridgehead atoms. The topological polar surface area (TPSA) is 86.4 Å². The normalized spacial score (nSPS) is 21.6. The van der Waals surface area contributed by atoms with Crippen molar-refractivity contribution in [1.29, 1.82) is 0 Å². The molecule has 2 unspecified atom stereocenters. The third kappa shape index (κ3) is 3.12. The molecule has 4 heterocycles. The molecule has 1 N–H and O–H groups in total. The van der Waals surface area contributed by atoms with Crippen molar-refractivity contribution in [3.05, 3.63) is 63.8 Å². The number of nitrogens with one attached hydrogen (secondary N) is 1. The minimum absolute atomic E-state index is 0.153. The number of rotatable bonds is 3. The van der Waals surface area contributed by atoms with E-state index >= 15 is 0 Å². The summed E-state index contributed by atoms with van der Waals surface area (Å²) in [6.45, 7) is 0.670. The fourth-order valence-corrected chi connectivity index (χ4v) is 4.67. The third-order valence-corrected chi connectivity index (χ3v) is 6.20. The van der Waals surface area contributed by atoms with Crippen LogP contribution < -0.4 is 10.9 Å². The number of aromatic nitrogens is 2. The molecule has 1 fully saturated rings. The average Bonchev–Trinajstić information content (AvgIpc) is 3.34. The molecule has 8 heteroatoms. The standard InChI is InChI=1S/C20H19N3O4S/c24-19-8-13-11-28-6-5-14(13)22-23(19)16-10-26-9-15(16)21-20(25)18-7-12-3-1-2-4-17(12)27-18/h1-4,7-8,15-16H,5-6,9-11H2,(H,21,25). The molecule has 7 nitrogen and oxygen atoms in total. The van der Waals surface area contributed by atoms with Crippen molar-refractivity contribution < 1.29 is 13.9 Å². The van der Waals surface area contributed by atoms with Gasteiger partial charge in [0.15, 0.2) is 5.76 Å². The molecule has 2 aliphatic heterocycles. The highest BCUT2D eigenvalue weighted by molar-refractivity contribution is 7.98. The van der Waals surface area contributed by atoms with Gasteiger partial charge in [-0.3, -0.25) is 9.59 Å². The summed E-state index contributed by atoms with van der Waals surface area (Å²) in [5, 5.41) is 8.42. The molecule has 2 aromatic heterocycles. The fourth-order valence-electron chi connectivity index (χ4n) is 3.72. The van der Waals surface area contributed by atoms with Crippen LogP contribution in [0.3, 0.4) is 0 Å².